The molecule has 1 aromatic carbocycles. The molecule has 3 aromatic heterocycles. The lowest BCUT2D eigenvalue weighted by Gasteiger charge is -2.37. The summed E-state index contributed by atoms with van der Waals surface area (Å²) in [5.74, 6) is 0.414. The maximum absolute atomic E-state index is 13.2. The van der Waals surface area contributed by atoms with Gasteiger partial charge in [0.05, 0.1) is 5.56 Å². The summed E-state index contributed by atoms with van der Waals surface area (Å²) in [5.41, 5.74) is 2.87. The van der Waals surface area contributed by atoms with Gasteiger partial charge in [0.2, 0.25) is 0 Å². The number of nitrogens with zero attached hydrogens (tertiary/aromatic N) is 7. The van der Waals surface area contributed by atoms with Crippen LogP contribution in [0.15, 0.2) is 36.7 Å². The van der Waals surface area contributed by atoms with E-state index in [9.17, 15) is 9.59 Å². The Labute approximate surface area is 208 Å². The fraction of sp³-hybridized carbons (Fsp3) is 0.400. The first-order chi connectivity index (χ1) is 17.1. The molecule has 1 N–H and O–H groups in total. The molecule has 188 valence electrons. The highest BCUT2D eigenvalue weighted by molar-refractivity contribution is 6.14. The van der Waals surface area contributed by atoms with Gasteiger partial charge in [-0.05, 0) is 45.9 Å². The maximum Gasteiger partial charge on any atom is 0.410 e. The largest absolute Gasteiger partial charge is 0.444 e. The third-order valence-corrected chi connectivity index (χ3v) is 5.99. The number of rotatable bonds is 3. The molecule has 4 aromatic rings. The number of nitrogens with one attached hydrogen (secondary N) is 1. The summed E-state index contributed by atoms with van der Waals surface area (Å²) >= 11 is 0. The summed E-state index contributed by atoms with van der Waals surface area (Å²) in [7, 11) is 1.84. The van der Waals surface area contributed by atoms with Crippen LogP contribution in [-0.2, 0) is 11.8 Å². The van der Waals surface area contributed by atoms with Gasteiger partial charge in [0.1, 0.15) is 16.9 Å². The summed E-state index contributed by atoms with van der Waals surface area (Å²) in [6.07, 6.45) is 3.40. The van der Waals surface area contributed by atoms with Gasteiger partial charge < -0.3 is 19.9 Å². The van der Waals surface area contributed by atoms with E-state index in [0.717, 1.165) is 11.1 Å². The van der Waals surface area contributed by atoms with Crippen LogP contribution in [0.4, 0.5) is 16.2 Å². The minimum atomic E-state index is -0.521. The number of carbonyl (C=O) groups excluding carboxylic acids is 2. The molecule has 0 saturated carbocycles. The van der Waals surface area contributed by atoms with E-state index >= 15 is 0 Å². The molecule has 2 amide bonds. The first-order valence-corrected chi connectivity index (χ1v) is 11.9. The Morgan fingerprint density at radius 3 is 2.53 bits per heavy atom. The number of hydrogen-bond donors (Lipinski definition) is 1. The number of hydrogen-bond acceptors (Lipinski definition) is 7. The van der Waals surface area contributed by atoms with Crippen LogP contribution < -0.4 is 10.2 Å². The molecular weight excluding hydrogens is 460 g/mol. The van der Waals surface area contributed by atoms with Crippen LogP contribution in [0.3, 0.4) is 0 Å². The van der Waals surface area contributed by atoms with Crippen LogP contribution in [0, 0.1) is 6.92 Å². The number of pyridine rings is 1. The number of amides is 2. The third-order valence-electron chi connectivity index (χ3n) is 5.99. The van der Waals surface area contributed by atoms with Gasteiger partial charge in [-0.3, -0.25) is 9.48 Å². The number of benzene rings is 1. The molecule has 1 aliphatic heterocycles. The first-order valence-electron chi connectivity index (χ1n) is 11.9. The van der Waals surface area contributed by atoms with Crippen LogP contribution in [0.5, 0.6) is 0 Å². The van der Waals surface area contributed by atoms with Crippen LogP contribution in [-0.4, -0.2) is 73.1 Å². The van der Waals surface area contributed by atoms with E-state index in [1.165, 1.54) is 0 Å². The van der Waals surface area contributed by atoms with Crippen molar-refractivity contribution in [3.05, 3.63) is 48.0 Å². The van der Waals surface area contributed by atoms with Gasteiger partial charge in [0.15, 0.2) is 5.65 Å². The zero-order valence-electron chi connectivity index (χ0n) is 21.1. The van der Waals surface area contributed by atoms with E-state index in [4.69, 9.17) is 4.74 Å². The number of carbonyl (C=O) groups is 2. The molecule has 0 atom stereocenters. The maximum atomic E-state index is 13.2. The van der Waals surface area contributed by atoms with Crippen molar-refractivity contribution in [3.63, 3.8) is 0 Å². The second-order valence-corrected chi connectivity index (χ2v) is 9.98. The number of ether oxygens (including phenoxy) is 1. The molecule has 1 fully saturated rings. The van der Waals surface area contributed by atoms with E-state index < -0.39 is 5.60 Å². The zero-order valence-corrected chi connectivity index (χ0v) is 21.1. The highest BCUT2D eigenvalue weighted by atomic mass is 16.6. The predicted molar refractivity (Wildman–Crippen MR) is 136 cm³/mol. The smallest absolute Gasteiger partial charge is 0.410 e. The van der Waals surface area contributed by atoms with Crippen molar-refractivity contribution in [3.8, 4) is 0 Å². The van der Waals surface area contributed by atoms with E-state index in [1.807, 2.05) is 47.0 Å². The molecule has 11 heteroatoms. The summed E-state index contributed by atoms with van der Waals surface area (Å²) in [6.45, 7) is 9.86. The van der Waals surface area contributed by atoms with Crippen molar-refractivity contribution in [1.82, 2.24) is 29.3 Å². The van der Waals surface area contributed by atoms with E-state index in [0.29, 0.717) is 54.4 Å². The molecule has 11 nitrogen and oxygen atoms in total. The number of fused-ring (bicyclic) bond motifs is 2. The standard InChI is InChI=1S/C25H30N8O3/c1-16-26-21-14-17(8-9-33(21)28-16)27-23(34)18-6-7-20(19-15-30(5)29-22(18)19)31-10-12-32(13-11-31)24(35)36-25(2,3)4/h6-9,14-15H,10-13H2,1-5H3,(H,27,34). The summed E-state index contributed by atoms with van der Waals surface area (Å²) in [6, 6.07) is 7.33. The van der Waals surface area contributed by atoms with Gasteiger partial charge >= 0.3 is 6.09 Å². The quantitative estimate of drug-likeness (QED) is 0.469. The van der Waals surface area contributed by atoms with E-state index in [2.05, 4.69) is 25.4 Å². The second kappa shape index (κ2) is 8.81. The van der Waals surface area contributed by atoms with Gasteiger partial charge in [-0.2, -0.15) is 10.2 Å². The predicted octanol–water partition coefficient (Wildman–Crippen LogP) is 3.23. The van der Waals surface area contributed by atoms with Crippen molar-refractivity contribution in [2.75, 3.05) is 36.4 Å². The fourth-order valence-electron chi connectivity index (χ4n) is 4.39. The van der Waals surface area contributed by atoms with Crippen LogP contribution >= 0.6 is 0 Å². The van der Waals surface area contributed by atoms with Gasteiger partial charge in [-0.25, -0.2) is 14.3 Å². The highest BCUT2D eigenvalue weighted by Crippen LogP contribution is 2.30. The number of piperazine rings is 1. The molecule has 36 heavy (non-hydrogen) atoms. The average Bonchev–Trinajstić information content (AvgIpc) is 3.38. The number of anilines is 2. The Morgan fingerprint density at radius 1 is 1.06 bits per heavy atom. The van der Waals surface area contributed by atoms with Crippen molar-refractivity contribution < 1.29 is 14.3 Å². The molecular formula is C25H30N8O3. The number of aryl methyl sites for hydroxylation is 2. The Kier molecular flexibility index (Phi) is 5.77. The molecule has 0 aliphatic carbocycles. The summed E-state index contributed by atoms with van der Waals surface area (Å²) in [4.78, 5) is 34.0. The highest BCUT2D eigenvalue weighted by Gasteiger charge is 2.27. The minimum Gasteiger partial charge on any atom is -0.444 e. The molecule has 1 aliphatic rings. The Bertz CT molecular complexity index is 1460. The SMILES string of the molecule is Cc1nc2cc(NC(=O)c3ccc(N4CCN(C(=O)OC(C)(C)C)CC4)c4cn(C)nc34)ccn2n1. The second-order valence-electron chi connectivity index (χ2n) is 9.98. The van der Waals surface area contributed by atoms with Gasteiger partial charge in [0.25, 0.3) is 5.91 Å². The molecule has 1 saturated heterocycles. The third kappa shape index (κ3) is 4.68. The van der Waals surface area contributed by atoms with Crippen molar-refractivity contribution in [2.45, 2.75) is 33.3 Å². The summed E-state index contributed by atoms with van der Waals surface area (Å²) in [5, 5.41) is 12.7. The first kappa shape index (κ1) is 23.6. The normalized spacial score (nSPS) is 14.5. The van der Waals surface area contributed by atoms with Crippen molar-refractivity contribution in [2.24, 2.45) is 7.05 Å². The zero-order chi connectivity index (χ0) is 25.6. The molecule has 4 heterocycles. The minimum absolute atomic E-state index is 0.249. The molecule has 0 bridgehead atoms. The lowest BCUT2D eigenvalue weighted by Crippen LogP contribution is -2.50. The van der Waals surface area contributed by atoms with Crippen LogP contribution in [0.25, 0.3) is 16.6 Å². The van der Waals surface area contributed by atoms with Crippen molar-refractivity contribution >= 4 is 39.9 Å². The Morgan fingerprint density at radius 2 is 1.81 bits per heavy atom. The molecule has 0 radical (unpaired) electrons. The Balaban J connectivity index is 1.35. The van der Waals surface area contributed by atoms with E-state index in [-0.39, 0.29) is 12.0 Å². The van der Waals surface area contributed by atoms with Crippen LogP contribution in [0.2, 0.25) is 0 Å². The molecule has 5 rings (SSSR count). The lowest BCUT2D eigenvalue weighted by atomic mass is 10.1. The van der Waals surface area contributed by atoms with Crippen LogP contribution in [0.1, 0.15) is 37.0 Å². The molecule has 0 spiro atoms. The lowest BCUT2D eigenvalue weighted by molar-refractivity contribution is 0.0240. The van der Waals surface area contributed by atoms with Gasteiger partial charge in [0, 0.05) is 68.4 Å². The average molecular weight is 491 g/mol. The monoisotopic (exact) mass is 490 g/mol. The number of aromatic nitrogens is 5. The Hall–Kier alpha value is -4.15. The van der Waals surface area contributed by atoms with Crippen molar-refractivity contribution in [1.29, 1.82) is 0 Å². The summed E-state index contributed by atoms with van der Waals surface area (Å²) < 4.78 is 8.89. The fourth-order valence-corrected chi connectivity index (χ4v) is 4.39. The van der Waals surface area contributed by atoms with Gasteiger partial charge in [-0.15, -0.1) is 0 Å². The van der Waals surface area contributed by atoms with Gasteiger partial charge in [-0.1, -0.05) is 0 Å². The topological polar surface area (TPSA) is 110 Å². The molecule has 0 unspecified atom stereocenters. The van der Waals surface area contributed by atoms with E-state index in [1.54, 1.807) is 38.5 Å².